The van der Waals surface area contributed by atoms with E-state index in [2.05, 4.69) is 10.3 Å². The van der Waals surface area contributed by atoms with Crippen molar-refractivity contribution in [3.63, 3.8) is 0 Å². The molecule has 0 radical (unpaired) electrons. The van der Waals surface area contributed by atoms with Gasteiger partial charge in [-0.2, -0.15) is 0 Å². The third-order valence-corrected chi connectivity index (χ3v) is 3.64. The number of carbonyl (C=O) groups is 2. The van der Waals surface area contributed by atoms with E-state index in [9.17, 15) is 9.59 Å². The Morgan fingerprint density at radius 1 is 1.20 bits per heavy atom. The second-order valence-corrected chi connectivity index (χ2v) is 5.44. The number of nitrogens with one attached hydrogen (secondary N) is 1. The molecule has 0 bridgehead atoms. The smallest absolute Gasteiger partial charge is 0.224 e. The van der Waals surface area contributed by atoms with Crippen molar-refractivity contribution >= 4 is 11.7 Å². The van der Waals surface area contributed by atoms with Gasteiger partial charge >= 0.3 is 0 Å². The highest BCUT2D eigenvalue weighted by atomic mass is 16.5. The summed E-state index contributed by atoms with van der Waals surface area (Å²) in [5.41, 5.74) is 2.03. The lowest BCUT2D eigenvalue weighted by atomic mass is 10.0. The van der Waals surface area contributed by atoms with Crippen molar-refractivity contribution in [3.8, 4) is 11.6 Å². The fourth-order valence-electron chi connectivity index (χ4n) is 2.39. The summed E-state index contributed by atoms with van der Waals surface area (Å²) in [4.78, 5) is 28.0. The molecule has 0 spiro atoms. The summed E-state index contributed by atoms with van der Waals surface area (Å²) in [5.74, 6) is 0.865. The highest BCUT2D eigenvalue weighted by molar-refractivity contribution is 5.94. The summed E-state index contributed by atoms with van der Waals surface area (Å²) in [6.45, 7) is 4.19. The molecule has 0 aliphatic heterocycles. The van der Waals surface area contributed by atoms with Crippen molar-refractivity contribution in [3.05, 3.63) is 53.2 Å². The summed E-state index contributed by atoms with van der Waals surface area (Å²) >= 11 is 0. The molecule has 1 amide bonds. The van der Waals surface area contributed by atoms with E-state index in [0.717, 1.165) is 5.56 Å². The van der Waals surface area contributed by atoms with Crippen molar-refractivity contribution < 1.29 is 19.1 Å². The van der Waals surface area contributed by atoms with Crippen LogP contribution in [0.15, 0.2) is 36.5 Å². The normalized spacial score (nSPS) is 10.2. The van der Waals surface area contributed by atoms with Crippen LogP contribution in [0.3, 0.4) is 0 Å². The van der Waals surface area contributed by atoms with Gasteiger partial charge in [-0.1, -0.05) is 6.07 Å². The zero-order valence-corrected chi connectivity index (χ0v) is 14.7. The molecule has 2 rings (SSSR count). The molecule has 1 heterocycles. The quantitative estimate of drug-likeness (QED) is 0.746. The van der Waals surface area contributed by atoms with Crippen LogP contribution in [0.2, 0.25) is 0 Å². The Kier molecular flexibility index (Phi) is 6.51. The van der Waals surface area contributed by atoms with E-state index in [-0.39, 0.29) is 18.1 Å². The number of nitrogens with zero attached hydrogens (tertiary/aromatic N) is 1. The predicted molar refractivity (Wildman–Crippen MR) is 94.0 cm³/mol. The van der Waals surface area contributed by atoms with E-state index >= 15 is 0 Å². The molecular weight excluding hydrogens is 320 g/mol. The van der Waals surface area contributed by atoms with Crippen LogP contribution in [-0.2, 0) is 17.8 Å². The maximum atomic E-state index is 12.3. The van der Waals surface area contributed by atoms with E-state index in [0.29, 0.717) is 35.9 Å². The van der Waals surface area contributed by atoms with Gasteiger partial charge < -0.3 is 14.8 Å². The lowest BCUT2D eigenvalue weighted by Gasteiger charge is -2.12. The van der Waals surface area contributed by atoms with Crippen LogP contribution in [-0.4, -0.2) is 30.4 Å². The van der Waals surface area contributed by atoms with Gasteiger partial charge in [-0.25, -0.2) is 4.98 Å². The number of rotatable bonds is 8. The minimum absolute atomic E-state index is 0.0546. The van der Waals surface area contributed by atoms with Crippen LogP contribution in [0.1, 0.15) is 35.3 Å². The van der Waals surface area contributed by atoms with E-state index in [1.165, 1.54) is 14.0 Å². The summed E-state index contributed by atoms with van der Waals surface area (Å²) in [6.07, 6.45) is 1.77. The number of pyridine rings is 1. The molecule has 1 N–H and O–H groups in total. The molecule has 0 fully saturated rings. The molecule has 6 heteroatoms. The van der Waals surface area contributed by atoms with Crippen molar-refractivity contribution in [2.75, 3.05) is 13.7 Å². The maximum Gasteiger partial charge on any atom is 0.224 e. The number of methoxy groups -OCH3 is 1. The van der Waals surface area contributed by atoms with E-state index in [1.54, 1.807) is 30.5 Å². The van der Waals surface area contributed by atoms with Gasteiger partial charge in [0.15, 0.2) is 5.78 Å². The van der Waals surface area contributed by atoms with Gasteiger partial charge in [0, 0.05) is 29.4 Å². The third-order valence-electron chi connectivity index (χ3n) is 3.64. The zero-order chi connectivity index (χ0) is 18.2. The summed E-state index contributed by atoms with van der Waals surface area (Å²) in [6, 6.07) is 8.73. The van der Waals surface area contributed by atoms with Gasteiger partial charge in [0.2, 0.25) is 11.8 Å². The van der Waals surface area contributed by atoms with E-state index in [4.69, 9.17) is 9.47 Å². The number of carbonyl (C=O) groups excluding carboxylic acids is 2. The molecule has 0 atom stereocenters. The number of ether oxygens (including phenoxy) is 2. The molecule has 1 aromatic heterocycles. The number of aromatic nitrogens is 1. The van der Waals surface area contributed by atoms with Gasteiger partial charge in [0.05, 0.1) is 20.1 Å². The van der Waals surface area contributed by atoms with E-state index in [1.807, 2.05) is 13.0 Å². The second-order valence-electron chi connectivity index (χ2n) is 5.44. The number of amides is 1. The summed E-state index contributed by atoms with van der Waals surface area (Å²) in [7, 11) is 1.54. The number of ketones is 1. The fourth-order valence-corrected chi connectivity index (χ4v) is 2.39. The van der Waals surface area contributed by atoms with Crippen molar-refractivity contribution in [2.45, 2.75) is 26.8 Å². The molecule has 2 aromatic rings. The predicted octanol–water partition coefficient (Wildman–Crippen LogP) is 2.55. The van der Waals surface area contributed by atoms with Gasteiger partial charge in [0.1, 0.15) is 5.75 Å². The molecule has 6 nitrogen and oxygen atoms in total. The van der Waals surface area contributed by atoms with E-state index < -0.39 is 0 Å². The zero-order valence-electron chi connectivity index (χ0n) is 14.7. The van der Waals surface area contributed by atoms with Gasteiger partial charge in [-0.15, -0.1) is 0 Å². The highest BCUT2D eigenvalue weighted by Crippen LogP contribution is 2.21. The first-order chi connectivity index (χ1) is 12.0. The molecule has 25 heavy (non-hydrogen) atoms. The van der Waals surface area contributed by atoms with Crippen molar-refractivity contribution in [2.24, 2.45) is 0 Å². The summed E-state index contributed by atoms with van der Waals surface area (Å²) < 4.78 is 10.7. The Balaban J connectivity index is 2.05. The Labute approximate surface area is 147 Å². The van der Waals surface area contributed by atoms with Crippen LogP contribution in [0, 0.1) is 0 Å². The Hall–Kier alpha value is -2.89. The van der Waals surface area contributed by atoms with Crippen molar-refractivity contribution in [1.82, 2.24) is 10.3 Å². The van der Waals surface area contributed by atoms with Gasteiger partial charge in [-0.3, -0.25) is 9.59 Å². The molecule has 1 aromatic carbocycles. The van der Waals surface area contributed by atoms with Crippen LogP contribution in [0.4, 0.5) is 0 Å². The molecule has 132 valence electrons. The first-order valence-corrected chi connectivity index (χ1v) is 8.06. The van der Waals surface area contributed by atoms with Gasteiger partial charge in [-0.05, 0) is 38.1 Å². The van der Waals surface area contributed by atoms with Crippen molar-refractivity contribution in [1.29, 1.82) is 0 Å². The lowest BCUT2D eigenvalue weighted by Crippen LogP contribution is -2.25. The van der Waals surface area contributed by atoms with Crippen LogP contribution in [0.5, 0.6) is 11.6 Å². The minimum Gasteiger partial charge on any atom is -0.496 e. The summed E-state index contributed by atoms with van der Waals surface area (Å²) in [5, 5.41) is 2.85. The Morgan fingerprint density at radius 2 is 2.00 bits per heavy atom. The Bertz CT molecular complexity index is 759. The first kappa shape index (κ1) is 18.4. The number of benzene rings is 1. The Morgan fingerprint density at radius 3 is 2.68 bits per heavy atom. The van der Waals surface area contributed by atoms with Gasteiger partial charge in [0.25, 0.3) is 0 Å². The average molecular weight is 342 g/mol. The second kappa shape index (κ2) is 8.82. The van der Waals surface area contributed by atoms with Crippen LogP contribution < -0.4 is 14.8 Å². The highest BCUT2D eigenvalue weighted by Gasteiger charge is 2.12. The number of hydrogen-bond donors (Lipinski definition) is 1. The molecular formula is C19H22N2O4. The third kappa shape index (κ3) is 5.04. The largest absolute Gasteiger partial charge is 0.496 e. The monoisotopic (exact) mass is 342 g/mol. The lowest BCUT2D eigenvalue weighted by molar-refractivity contribution is -0.120. The maximum absolute atomic E-state index is 12.3. The molecule has 0 saturated heterocycles. The SMILES string of the molecule is CCOc1ncccc1CNC(=O)Cc1cc(C(C)=O)ccc1OC. The minimum atomic E-state index is -0.176. The fraction of sp³-hybridized carbons (Fsp3) is 0.316. The molecule has 0 aliphatic carbocycles. The standard InChI is InChI=1S/C19H22N2O4/c1-4-25-19-15(6-5-9-20-19)12-21-18(23)11-16-10-14(13(2)22)7-8-17(16)24-3/h5-10H,4,11-12H2,1-3H3,(H,21,23). The topological polar surface area (TPSA) is 77.5 Å². The molecule has 0 unspecified atom stereocenters. The average Bonchev–Trinajstić information content (AvgIpc) is 2.61. The molecule has 0 aliphatic rings. The van der Waals surface area contributed by atoms with Crippen LogP contribution in [0.25, 0.3) is 0 Å². The van der Waals surface area contributed by atoms with Crippen LogP contribution >= 0.6 is 0 Å². The molecule has 0 saturated carbocycles. The first-order valence-electron chi connectivity index (χ1n) is 8.06. The number of hydrogen-bond acceptors (Lipinski definition) is 5. The number of Topliss-reactive ketones (excluding diaryl/α,β-unsaturated/α-hetero) is 1.